The van der Waals surface area contributed by atoms with Gasteiger partial charge in [0.1, 0.15) is 0 Å². The summed E-state index contributed by atoms with van der Waals surface area (Å²) in [4.78, 5) is 21.6. The first-order valence-electron chi connectivity index (χ1n) is 3.56. The van der Waals surface area contributed by atoms with Crippen molar-refractivity contribution in [2.75, 3.05) is 7.11 Å². The van der Waals surface area contributed by atoms with Crippen molar-refractivity contribution in [1.82, 2.24) is 0 Å². The van der Waals surface area contributed by atoms with Crippen LogP contribution in [-0.4, -0.2) is 19.0 Å². The second-order valence-corrected chi connectivity index (χ2v) is 2.42. The van der Waals surface area contributed by atoms with E-state index in [1.54, 1.807) is 0 Å². The van der Waals surface area contributed by atoms with E-state index >= 15 is 0 Å². The zero-order valence-electron chi connectivity index (χ0n) is 7.11. The second-order valence-electron chi connectivity index (χ2n) is 2.42. The lowest BCUT2D eigenvalue weighted by Crippen LogP contribution is -2.05. The van der Waals surface area contributed by atoms with Gasteiger partial charge in [0, 0.05) is 5.57 Å². The minimum absolute atomic E-state index is 0.00625. The molecular formula is C8H8N2O3. The number of amides is 1. The van der Waals surface area contributed by atoms with Crippen LogP contribution < -0.4 is 0 Å². The minimum atomic E-state index is -0.478. The fraction of sp³-hybridized carbons (Fsp3) is 0.250. The van der Waals surface area contributed by atoms with Gasteiger partial charge < -0.3 is 4.74 Å². The predicted octanol–water partition coefficient (Wildman–Crippen LogP) is 0.982. The van der Waals surface area contributed by atoms with Crippen LogP contribution in [0.4, 0.5) is 0 Å². The van der Waals surface area contributed by atoms with Gasteiger partial charge in [0.2, 0.25) is 0 Å². The maximum absolute atomic E-state index is 10.8. The zero-order chi connectivity index (χ0) is 9.84. The number of azo groups is 1. The monoisotopic (exact) mass is 180 g/mol. The molecule has 0 aromatic heterocycles. The van der Waals surface area contributed by atoms with E-state index in [0.717, 1.165) is 0 Å². The molecule has 0 aromatic carbocycles. The van der Waals surface area contributed by atoms with Crippen LogP contribution in [0.3, 0.4) is 0 Å². The van der Waals surface area contributed by atoms with Crippen LogP contribution in [0.25, 0.3) is 0 Å². The van der Waals surface area contributed by atoms with Crippen molar-refractivity contribution < 1.29 is 14.3 Å². The molecule has 1 aliphatic heterocycles. The molecule has 0 radical (unpaired) electrons. The Morgan fingerprint density at radius 2 is 2.31 bits per heavy atom. The maximum Gasteiger partial charge on any atom is 0.311 e. The van der Waals surface area contributed by atoms with Gasteiger partial charge in [-0.1, -0.05) is 6.58 Å². The molecule has 68 valence electrons. The van der Waals surface area contributed by atoms with Crippen LogP contribution in [0.1, 0.15) is 6.42 Å². The largest absolute Gasteiger partial charge is 0.469 e. The van der Waals surface area contributed by atoms with E-state index in [4.69, 9.17) is 0 Å². The topological polar surface area (TPSA) is 68.1 Å². The Balaban J connectivity index is 2.69. The molecule has 0 fully saturated rings. The third-order valence-corrected chi connectivity index (χ3v) is 1.44. The number of esters is 1. The Kier molecular flexibility index (Phi) is 2.69. The summed E-state index contributed by atoms with van der Waals surface area (Å²) in [7, 11) is 1.28. The molecule has 0 bridgehead atoms. The molecular weight excluding hydrogens is 172 g/mol. The fourth-order valence-corrected chi connectivity index (χ4v) is 0.772. The van der Waals surface area contributed by atoms with Crippen LogP contribution in [0.5, 0.6) is 0 Å². The normalized spacial score (nSPS) is 15.6. The molecule has 1 amide bonds. The van der Waals surface area contributed by atoms with Gasteiger partial charge in [0.25, 0.3) is 5.91 Å². The van der Waals surface area contributed by atoms with Crippen LogP contribution in [0.2, 0.25) is 0 Å². The molecule has 0 atom stereocenters. The maximum atomic E-state index is 10.8. The van der Waals surface area contributed by atoms with Crippen LogP contribution in [-0.2, 0) is 14.3 Å². The molecule has 0 unspecified atom stereocenters. The first-order valence-corrected chi connectivity index (χ1v) is 3.56. The molecule has 13 heavy (non-hydrogen) atoms. The van der Waals surface area contributed by atoms with Gasteiger partial charge in [-0.25, -0.2) is 0 Å². The summed E-state index contributed by atoms with van der Waals surface area (Å²) in [6.07, 6.45) is 1.43. The quantitative estimate of drug-likeness (QED) is 0.470. The molecule has 0 aliphatic carbocycles. The number of rotatable bonds is 2. The molecule has 0 aromatic rings. The molecule has 0 saturated carbocycles. The van der Waals surface area contributed by atoms with E-state index in [2.05, 4.69) is 21.5 Å². The number of ether oxygens (including phenoxy) is 1. The Hall–Kier alpha value is -1.78. The lowest BCUT2D eigenvalue weighted by atomic mass is 10.2. The van der Waals surface area contributed by atoms with E-state index in [0.29, 0.717) is 5.70 Å². The molecule has 0 saturated heterocycles. The molecule has 1 rings (SSSR count). The fourth-order valence-electron chi connectivity index (χ4n) is 0.772. The number of nitrogens with zero attached hydrogens (tertiary/aromatic N) is 2. The summed E-state index contributed by atoms with van der Waals surface area (Å²) in [6, 6.07) is 0. The first kappa shape index (κ1) is 9.31. The Morgan fingerprint density at radius 1 is 1.62 bits per heavy atom. The van der Waals surface area contributed by atoms with Gasteiger partial charge in [-0.15, -0.1) is 5.11 Å². The van der Waals surface area contributed by atoms with Crippen LogP contribution >= 0.6 is 0 Å². The highest BCUT2D eigenvalue weighted by molar-refractivity contribution is 5.97. The third-order valence-electron chi connectivity index (χ3n) is 1.44. The second kappa shape index (κ2) is 3.75. The summed E-state index contributed by atoms with van der Waals surface area (Å²) < 4.78 is 4.42. The minimum Gasteiger partial charge on any atom is -0.469 e. The smallest absolute Gasteiger partial charge is 0.311 e. The number of hydrogen-bond donors (Lipinski definition) is 0. The van der Waals surface area contributed by atoms with E-state index in [9.17, 15) is 9.59 Å². The highest BCUT2D eigenvalue weighted by Gasteiger charge is 2.13. The van der Waals surface area contributed by atoms with E-state index in [1.807, 2.05) is 0 Å². The molecule has 1 aliphatic rings. The summed E-state index contributed by atoms with van der Waals surface area (Å²) in [5.41, 5.74) is 0.616. The van der Waals surface area contributed by atoms with Crippen LogP contribution in [0, 0.1) is 0 Å². The third kappa shape index (κ3) is 2.33. The van der Waals surface area contributed by atoms with Gasteiger partial charge in [0.15, 0.2) is 0 Å². The number of hydrogen-bond acceptors (Lipinski definition) is 4. The molecule has 0 N–H and O–H groups in total. The lowest BCUT2D eigenvalue weighted by molar-refractivity contribution is -0.139. The van der Waals surface area contributed by atoms with Gasteiger partial charge in [0.05, 0.1) is 19.2 Å². The Morgan fingerprint density at radius 3 is 2.85 bits per heavy atom. The summed E-state index contributed by atoms with van der Waals surface area (Å²) >= 11 is 0. The summed E-state index contributed by atoms with van der Waals surface area (Å²) in [5, 5.41) is 6.81. The molecule has 5 heteroatoms. The van der Waals surface area contributed by atoms with Crippen molar-refractivity contribution >= 4 is 11.9 Å². The first-order chi connectivity index (χ1) is 6.13. The van der Waals surface area contributed by atoms with Crippen LogP contribution in [0.15, 0.2) is 34.2 Å². The highest BCUT2D eigenvalue weighted by Crippen LogP contribution is 2.15. The lowest BCUT2D eigenvalue weighted by Gasteiger charge is -2.03. The standard InChI is InChI=1S/C8H8N2O3/c1-5-3-6(4-7(11)13-2)9-10-8(5)12/h3H,1,4H2,2H3. The van der Waals surface area contributed by atoms with Crippen molar-refractivity contribution in [3.8, 4) is 0 Å². The average molecular weight is 180 g/mol. The van der Waals surface area contributed by atoms with Gasteiger partial charge >= 0.3 is 5.97 Å². The number of carbonyl (C=O) groups is 2. The van der Waals surface area contributed by atoms with Gasteiger partial charge in [-0.05, 0) is 6.08 Å². The van der Waals surface area contributed by atoms with Crippen molar-refractivity contribution in [2.45, 2.75) is 6.42 Å². The Labute approximate surface area is 74.8 Å². The zero-order valence-corrected chi connectivity index (χ0v) is 7.11. The predicted molar refractivity (Wildman–Crippen MR) is 43.7 cm³/mol. The van der Waals surface area contributed by atoms with E-state index in [1.165, 1.54) is 13.2 Å². The van der Waals surface area contributed by atoms with Crippen molar-refractivity contribution in [3.63, 3.8) is 0 Å². The summed E-state index contributed by atoms with van der Waals surface area (Å²) in [5.74, 6) is -0.902. The SMILES string of the molecule is C=C1C=C(CC(=O)OC)N=NC1=O. The average Bonchev–Trinajstić information content (AvgIpc) is 2.11. The highest BCUT2D eigenvalue weighted by atomic mass is 16.5. The molecule has 0 spiro atoms. The van der Waals surface area contributed by atoms with Crippen molar-refractivity contribution in [3.05, 3.63) is 23.9 Å². The Bertz CT molecular complexity index is 328. The van der Waals surface area contributed by atoms with Crippen molar-refractivity contribution in [2.24, 2.45) is 10.2 Å². The number of carbonyl (C=O) groups excluding carboxylic acids is 2. The molecule has 1 heterocycles. The number of methoxy groups -OCH3 is 1. The van der Waals surface area contributed by atoms with E-state index < -0.39 is 11.9 Å². The summed E-state index contributed by atoms with van der Waals surface area (Å²) in [6.45, 7) is 3.45. The van der Waals surface area contributed by atoms with Gasteiger partial charge in [-0.2, -0.15) is 5.11 Å². The van der Waals surface area contributed by atoms with Crippen molar-refractivity contribution in [1.29, 1.82) is 0 Å². The van der Waals surface area contributed by atoms with Gasteiger partial charge in [-0.3, -0.25) is 9.59 Å². The van der Waals surface area contributed by atoms with E-state index in [-0.39, 0.29) is 12.0 Å². The molecule has 5 nitrogen and oxygen atoms in total.